The second-order valence-corrected chi connectivity index (χ2v) is 6.18. The molecular weight excluding hydrogens is 312 g/mol. The zero-order valence-electron chi connectivity index (χ0n) is 14.0. The molecule has 0 radical (unpaired) electrons. The van der Waals surface area contributed by atoms with Gasteiger partial charge in [0.15, 0.2) is 11.6 Å². The third kappa shape index (κ3) is 2.36. The van der Waals surface area contributed by atoms with E-state index in [1.807, 2.05) is 32.0 Å². The maximum Gasteiger partial charge on any atom is 0.198 e. The Kier molecular flexibility index (Phi) is 3.50. The first kappa shape index (κ1) is 15.3. The SMILES string of the molecule is Cc1cccc(Oc2cccc3c2C(=O)c2ccccc2C3=O)c1C. The normalized spacial score (nSPS) is 12.6. The van der Waals surface area contributed by atoms with E-state index >= 15 is 0 Å². The molecule has 0 amide bonds. The van der Waals surface area contributed by atoms with Crippen molar-refractivity contribution >= 4 is 11.6 Å². The second-order valence-electron chi connectivity index (χ2n) is 6.18. The molecule has 122 valence electrons. The molecule has 1 aliphatic rings. The highest BCUT2D eigenvalue weighted by molar-refractivity contribution is 6.29. The molecule has 3 nitrogen and oxygen atoms in total. The van der Waals surface area contributed by atoms with Crippen molar-refractivity contribution in [3.8, 4) is 11.5 Å². The Morgan fingerprint density at radius 3 is 2.00 bits per heavy atom. The lowest BCUT2D eigenvalue weighted by Gasteiger charge is -2.20. The lowest BCUT2D eigenvalue weighted by Crippen LogP contribution is -2.21. The smallest absolute Gasteiger partial charge is 0.198 e. The van der Waals surface area contributed by atoms with Crippen LogP contribution in [-0.4, -0.2) is 11.6 Å². The molecule has 1 aliphatic carbocycles. The Morgan fingerprint density at radius 1 is 0.640 bits per heavy atom. The molecule has 4 rings (SSSR count). The highest BCUT2D eigenvalue weighted by atomic mass is 16.5. The molecule has 3 aromatic carbocycles. The Morgan fingerprint density at radius 2 is 1.24 bits per heavy atom. The number of hydrogen-bond donors (Lipinski definition) is 0. The zero-order chi connectivity index (χ0) is 17.6. The first-order chi connectivity index (χ1) is 12.1. The molecule has 0 saturated heterocycles. The van der Waals surface area contributed by atoms with Crippen molar-refractivity contribution < 1.29 is 14.3 Å². The summed E-state index contributed by atoms with van der Waals surface area (Å²) in [5.41, 5.74) is 3.73. The van der Waals surface area contributed by atoms with Gasteiger partial charge >= 0.3 is 0 Å². The Hall–Kier alpha value is -3.20. The average molecular weight is 328 g/mol. The van der Waals surface area contributed by atoms with Gasteiger partial charge in [-0.1, -0.05) is 48.5 Å². The number of rotatable bonds is 2. The van der Waals surface area contributed by atoms with Crippen molar-refractivity contribution in [3.63, 3.8) is 0 Å². The lowest BCUT2D eigenvalue weighted by atomic mass is 9.83. The summed E-state index contributed by atoms with van der Waals surface area (Å²) in [6.45, 7) is 3.98. The third-order valence-corrected chi connectivity index (χ3v) is 4.69. The summed E-state index contributed by atoms with van der Waals surface area (Å²) in [5.74, 6) is 0.786. The minimum atomic E-state index is -0.175. The summed E-state index contributed by atoms with van der Waals surface area (Å²) in [4.78, 5) is 25.8. The number of ether oxygens (including phenoxy) is 1. The van der Waals surface area contributed by atoms with Gasteiger partial charge in [-0.2, -0.15) is 0 Å². The van der Waals surface area contributed by atoms with Crippen LogP contribution in [-0.2, 0) is 0 Å². The van der Waals surface area contributed by atoms with Crippen LogP contribution in [0.3, 0.4) is 0 Å². The number of hydrogen-bond acceptors (Lipinski definition) is 3. The van der Waals surface area contributed by atoms with Crippen molar-refractivity contribution in [1.82, 2.24) is 0 Å². The van der Waals surface area contributed by atoms with Gasteiger partial charge in [-0.05, 0) is 37.1 Å². The first-order valence-corrected chi connectivity index (χ1v) is 8.13. The van der Waals surface area contributed by atoms with E-state index in [0.717, 1.165) is 11.1 Å². The minimum Gasteiger partial charge on any atom is -0.456 e. The van der Waals surface area contributed by atoms with Gasteiger partial charge in [-0.3, -0.25) is 9.59 Å². The van der Waals surface area contributed by atoms with E-state index in [-0.39, 0.29) is 11.6 Å². The van der Waals surface area contributed by atoms with E-state index in [1.54, 1.807) is 42.5 Å². The number of ketones is 2. The van der Waals surface area contributed by atoms with Gasteiger partial charge in [0.2, 0.25) is 0 Å². The van der Waals surface area contributed by atoms with Gasteiger partial charge in [0.25, 0.3) is 0 Å². The van der Waals surface area contributed by atoms with E-state index in [1.165, 1.54) is 0 Å². The molecule has 3 heteroatoms. The summed E-state index contributed by atoms with van der Waals surface area (Å²) < 4.78 is 6.05. The fourth-order valence-corrected chi connectivity index (χ4v) is 3.15. The summed E-state index contributed by atoms with van der Waals surface area (Å²) >= 11 is 0. The van der Waals surface area contributed by atoms with Gasteiger partial charge in [-0.25, -0.2) is 0 Å². The van der Waals surface area contributed by atoms with Gasteiger partial charge in [-0.15, -0.1) is 0 Å². The topological polar surface area (TPSA) is 43.4 Å². The van der Waals surface area contributed by atoms with Crippen LogP contribution in [0.1, 0.15) is 43.0 Å². The van der Waals surface area contributed by atoms with Gasteiger partial charge in [0.05, 0.1) is 5.56 Å². The molecule has 0 spiro atoms. The fraction of sp³-hybridized carbons (Fsp3) is 0.0909. The summed E-state index contributed by atoms with van der Waals surface area (Å²) in [6, 6.07) is 17.9. The van der Waals surface area contributed by atoms with E-state index < -0.39 is 0 Å². The maximum atomic E-state index is 13.0. The van der Waals surface area contributed by atoms with Crippen molar-refractivity contribution in [2.45, 2.75) is 13.8 Å². The van der Waals surface area contributed by atoms with Gasteiger partial charge in [0.1, 0.15) is 11.5 Å². The molecule has 0 atom stereocenters. The number of aryl methyl sites for hydroxylation is 1. The zero-order valence-corrected chi connectivity index (χ0v) is 14.0. The van der Waals surface area contributed by atoms with Crippen LogP contribution < -0.4 is 4.74 Å². The predicted octanol–water partition coefficient (Wildman–Crippen LogP) is 4.87. The van der Waals surface area contributed by atoms with Crippen LogP contribution in [0.15, 0.2) is 60.7 Å². The summed E-state index contributed by atoms with van der Waals surface area (Å²) in [7, 11) is 0. The Labute approximate surface area is 145 Å². The van der Waals surface area contributed by atoms with Crippen LogP contribution in [0.25, 0.3) is 0 Å². The molecule has 0 fully saturated rings. The molecule has 25 heavy (non-hydrogen) atoms. The molecule has 0 bridgehead atoms. The average Bonchev–Trinajstić information content (AvgIpc) is 2.63. The number of fused-ring (bicyclic) bond motifs is 2. The number of carbonyl (C=O) groups excluding carboxylic acids is 2. The number of carbonyl (C=O) groups is 2. The largest absolute Gasteiger partial charge is 0.456 e. The molecule has 0 aliphatic heterocycles. The minimum absolute atomic E-state index is 0.142. The Balaban J connectivity index is 1.87. The van der Waals surface area contributed by atoms with Crippen molar-refractivity contribution in [3.05, 3.63) is 94.0 Å². The van der Waals surface area contributed by atoms with Crippen molar-refractivity contribution in [1.29, 1.82) is 0 Å². The van der Waals surface area contributed by atoms with E-state index in [4.69, 9.17) is 4.74 Å². The predicted molar refractivity (Wildman–Crippen MR) is 95.7 cm³/mol. The molecule has 0 saturated carbocycles. The van der Waals surface area contributed by atoms with Gasteiger partial charge in [0, 0.05) is 16.7 Å². The van der Waals surface area contributed by atoms with Crippen LogP contribution in [0.2, 0.25) is 0 Å². The Bertz CT molecular complexity index is 1030. The van der Waals surface area contributed by atoms with Crippen LogP contribution >= 0.6 is 0 Å². The van der Waals surface area contributed by atoms with E-state index in [0.29, 0.717) is 33.8 Å². The van der Waals surface area contributed by atoms with E-state index in [2.05, 4.69) is 0 Å². The monoisotopic (exact) mass is 328 g/mol. The summed E-state index contributed by atoms with van der Waals surface area (Å²) in [5, 5.41) is 0. The fourth-order valence-electron chi connectivity index (χ4n) is 3.15. The highest BCUT2D eigenvalue weighted by Crippen LogP contribution is 2.36. The highest BCUT2D eigenvalue weighted by Gasteiger charge is 2.32. The van der Waals surface area contributed by atoms with Crippen molar-refractivity contribution in [2.24, 2.45) is 0 Å². The molecule has 0 N–H and O–H groups in total. The molecule has 0 heterocycles. The molecular formula is C22H16O3. The van der Waals surface area contributed by atoms with Crippen LogP contribution in [0.4, 0.5) is 0 Å². The lowest BCUT2D eigenvalue weighted by molar-refractivity contribution is 0.0977. The van der Waals surface area contributed by atoms with Crippen molar-refractivity contribution in [2.75, 3.05) is 0 Å². The maximum absolute atomic E-state index is 13.0. The molecule has 0 aromatic heterocycles. The van der Waals surface area contributed by atoms with Crippen LogP contribution in [0, 0.1) is 13.8 Å². The van der Waals surface area contributed by atoms with Gasteiger partial charge < -0.3 is 4.74 Å². The standard InChI is InChI=1S/C22H16O3/c1-13-7-5-11-18(14(13)2)25-19-12-6-10-17-20(19)22(24)16-9-4-3-8-15(16)21(17)23/h3-12H,1-2H3. The molecule has 3 aromatic rings. The quantitative estimate of drug-likeness (QED) is 0.527. The first-order valence-electron chi connectivity index (χ1n) is 8.13. The molecule has 0 unspecified atom stereocenters. The third-order valence-electron chi connectivity index (χ3n) is 4.69. The number of benzene rings is 3. The van der Waals surface area contributed by atoms with Crippen LogP contribution in [0.5, 0.6) is 11.5 Å². The summed E-state index contributed by atoms with van der Waals surface area (Å²) in [6.07, 6.45) is 0. The second kappa shape index (κ2) is 5.71. The van der Waals surface area contributed by atoms with E-state index in [9.17, 15) is 9.59 Å².